The lowest BCUT2D eigenvalue weighted by molar-refractivity contribution is 0.241. The third kappa shape index (κ3) is 4.30. The number of amides is 2. The molecule has 88 valence electrons. The molecule has 0 aromatic rings. The normalized spacial score (nSPS) is 24.8. The molecule has 0 aliphatic carbocycles. The van der Waals surface area contributed by atoms with Gasteiger partial charge in [-0.05, 0) is 17.6 Å². The second kappa shape index (κ2) is 5.61. The highest BCUT2D eigenvalue weighted by atomic mass is 32.2. The summed E-state index contributed by atoms with van der Waals surface area (Å²) in [5, 5.41) is 6.06. The zero-order chi connectivity index (χ0) is 11.3. The molecule has 1 atom stereocenters. The van der Waals surface area contributed by atoms with Crippen molar-refractivity contribution in [2.75, 3.05) is 24.6 Å². The summed E-state index contributed by atoms with van der Waals surface area (Å²) in [5.74, 6) is 2.41. The molecule has 0 aromatic carbocycles. The van der Waals surface area contributed by atoms with Crippen LogP contribution in [0.2, 0.25) is 0 Å². The number of carbonyl (C=O) groups excluding carboxylic acids is 1. The van der Waals surface area contributed by atoms with Crippen LogP contribution in [0.15, 0.2) is 0 Å². The van der Waals surface area contributed by atoms with Crippen molar-refractivity contribution < 1.29 is 4.79 Å². The predicted molar refractivity (Wildman–Crippen MR) is 65.1 cm³/mol. The Morgan fingerprint density at radius 3 is 2.87 bits per heavy atom. The Morgan fingerprint density at radius 1 is 1.53 bits per heavy atom. The van der Waals surface area contributed by atoms with Gasteiger partial charge in [-0.25, -0.2) is 4.79 Å². The van der Waals surface area contributed by atoms with Gasteiger partial charge in [0.25, 0.3) is 0 Å². The summed E-state index contributed by atoms with van der Waals surface area (Å²) in [4.78, 5) is 10.5. The molecule has 1 aliphatic heterocycles. The van der Waals surface area contributed by atoms with E-state index in [0.29, 0.717) is 18.0 Å². The average molecular weight is 231 g/mol. The van der Waals surface area contributed by atoms with Gasteiger partial charge >= 0.3 is 6.03 Å². The SMILES string of the molecule is CC1(C)CCSCC1NCCNC(N)=O. The molecule has 0 radical (unpaired) electrons. The molecule has 0 saturated carbocycles. The number of hydrogen-bond acceptors (Lipinski definition) is 3. The van der Waals surface area contributed by atoms with Gasteiger partial charge < -0.3 is 16.4 Å². The van der Waals surface area contributed by atoms with E-state index in [1.54, 1.807) is 0 Å². The Morgan fingerprint density at radius 2 is 2.27 bits per heavy atom. The molecule has 5 heteroatoms. The standard InChI is InChI=1S/C10H21N3OS/c1-10(2)3-6-15-7-8(10)12-4-5-13-9(11)14/h8,12H,3-7H2,1-2H3,(H3,11,13,14). The van der Waals surface area contributed by atoms with E-state index in [2.05, 4.69) is 24.5 Å². The molecule has 1 fully saturated rings. The van der Waals surface area contributed by atoms with Crippen LogP contribution in [0.25, 0.3) is 0 Å². The van der Waals surface area contributed by atoms with Crippen LogP contribution in [-0.2, 0) is 0 Å². The Bertz CT molecular complexity index is 221. The van der Waals surface area contributed by atoms with E-state index < -0.39 is 6.03 Å². The largest absolute Gasteiger partial charge is 0.352 e. The second-order valence-corrected chi connectivity index (χ2v) is 5.76. The van der Waals surface area contributed by atoms with Gasteiger partial charge in [-0.1, -0.05) is 13.8 Å². The summed E-state index contributed by atoms with van der Waals surface area (Å²) in [5.41, 5.74) is 5.34. The lowest BCUT2D eigenvalue weighted by Gasteiger charge is -2.38. The summed E-state index contributed by atoms with van der Waals surface area (Å²) < 4.78 is 0. The van der Waals surface area contributed by atoms with E-state index in [1.807, 2.05) is 11.8 Å². The molecule has 4 nitrogen and oxygen atoms in total. The maximum absolute atomic E-state index is 10.5. The molecule has 1 aliphatic rings. The highest BCUT2D eigenvalue weighted by molar-refractivity contribution is 7.99. The van der Waals surface area contributed by atoms with Crippen LogP contribution in [0.5, 0.6) is 0 Å². The summed E-state index contributed by atoms with van der Waals surface area (Å²) in [6.45, 7) is 5.99. The van der Waals surface area contributed by atoms with Gasteiger partial charge in [0.2, 0.25) is 0 Å². The summed E-state index contributed by atoms with van der Waals surface area (Å²) in [6, 6.07) is 0.0833. The first-order valence-electron chi connectivity index (χ1n) is 5.37. The second-order valence-electron chi connectivity index (χ2n) is 4.61. The fourth-order valence-electron chi connectivity index (χ4n) is 1.70. The number of urea groups is 1. The number of thioether (sulfide) groups is 1. The number of nitrogens with one attached hydrogen (secondary N) is 2. The molecule has 0 bridgehead atoms. The van der Waals surface area contributed by atoms with Crippen molar-refractivity contribution in [3.05, 3.63) is 0 Å². The number of primary amides is 1. The zero-order valence-corrected chi connectivity index (χ0v) is 10.3. The Balaban J connectivity index is 2.21. The number of rotatable bonds is 4. The maximum Gasteiger partial charge on any atom is 0.312 e. The van der Waals surface area contributed by atoms with E-state index in [9.17, 15) is 4.79 Å². The number of hydrogen-bond donors (Lipinski definition) is 3. The molecule has 1 saturated heterocycles. The number of carbonyl (C=O) groups is 1. The van der Waals surface area contributed by atoms with Crippen LogP contribution in [0, 0.1) is 5.41 Å². The molecular formula is C10H21N3OS. The van der Waals surface area contributed by atoms with Crippen molar-refractivity contribution in [1.82, 2.24) is 10.6 Å². The Labute approximate surface area is 95.7 Å². The predicted octanol–water partition coefficient (Wildman–Crippen LogP) is 0.776. The van der Waals surface area contributed by atoms with Crippen molar-refractivity contribution in [1.29, 1.82) is 0 Å². The molecular weight excluding hydrogens is 210 g/mol. The fourth-order valence-corrected chi connectivity index (χ4v) is 3.35. The Hall–Kier alpha value is -0.420. The van der Waals surface area contributed by atoms with Crippen LogP contribution in [-0.4, -0.2) is 36.7 Å². The van der Waals surface area contributed by atoms with Crippen molar-refractivity contribution in [3.63, 3.8) is 0 Å². The summed E-state index contributed by atoms with van der Waals surface area (Å²) in [6.07, 6.45) is 1.25. The lowest BCUT2D eigenvalue weighted by atomic mass is 9.82. The molecule has 1 heterocycles. The van der Waals surface area contributed by atoms with Gasteiger partial charge in [0.05, 0.1) is 0 Å². The maximum atomic E-state index is 10.5. The first-order chi connectivity index (χ1) is 7.02. The van der Waals surface area contributed by atoms with Crippen LogP contribution in [0.1, 0.15) is 20.3 Å². The van der Waals surface area contributed by atoms with Crippen molar-refractivity contribution >= 4 is 17.8 Å². The Kier molecular flexibility index (Phi) is 4.73. The molecule has 15 heavy (non-hydrogen) atoms. The molecule has 1 unspecified atom stereocenters. The fraction of sp³-hybridized carbons (Fsp3) is 0.900. The third-order valence-electron chi connectivity index (χ3n) is 2.93. The summed E-state index contributed by atoms with van der Waals surface area (Å²) in [7, 11) is 0. The smallest absolute Gasteiger partial charge is 0.312 e. The van der Waals surface area contributed by atoms with Crippen LogP contribution in [0.4, 0.5) is 4.79 Å². The van der Waals surface area contributed by atoms with E-state index in [-0.39, 0.29) is 0 Å². The quantitative estimate of drug-likeness (QED) is 0.626. The van der Waals surface area contributed by atoms with E-state index in [4.69, 9.17) is 5.73 Å². The summed E-state index contributed by atoms with van der Waals surface area (Å²) >= 11 is 2.00. The van der Waals surface area contributed by atoms with Gasteiger partial charge in [0.1, 0.15) is 0 Å². The minimum Gasteiger partial charge on any atom is -0.352 e. The van der Waals surface area contributed by atoms with Gasteiger partial charge in [-0.3, -0.25) is 0 Å². The molecule has 4 N–H and O–H groups in total. The van der Waals surface area contributed by atoms with Crippen LogP contribution in [0.3, 0.4) is 0 Å². The topological polar surface area (TPSA) is 67.2 Å². The molecule has 0 spiro atoms. The minimum atomic E-state index is -0.450. The van der Waals surface area contributed by atoms with E-state index in [0.717, 1.165) is 12.3 Å². The van der Waals surface area contributed by atoms with Crippen molar-refractivity contribution in [3.8, 4) is 0 Å². The van der Waals surface area contributed by atoms with Crippen molar-refractivity contribution in [2.45, 2.75) is 26.3 Å². The van der Waals surface area contributed by atoms with E-state index >= 15 is 0 Å². The monoisotopic (exact) mass is 231 g/mol. The van der Waals surface area contributed by atoms with Gasteiger partial charge in [0.15, 0.2) is 0 Å². The van der Waals surface area contributed by atoms with Gasteiger partial charge in [0, 0.05) is 24.9 Å². The van der Waals surface area contributed by atoms with Gasteiger partial charge in [-0.15, -0.1) is 0 Å². The first kappa shape index (κ1) is 12.6. The lowest BCUT2D eigenvalue weighted by Crippen LogP contribution is -2.49. The molecule has 1 rings (SSSR count). The number of nitrogens with two attached hydrogens (primary N) is 1. The van der Waals surface area contributed by atoms with Crippen molar-refractivity contribution in [2.24, 2.45) is 11.1 Å². The molecule has 0 aromatic heterocycles. The van der Waals surface area contributed by atoms with E-state index in [1.165, 1.54) is 12.2 Å². The highest BCUT2D eigenvalue weighted by Crippen LogP contribution is 2.33. The minimum absolute atomic E-state index is 0.359. The van der Waals surface area contributed by atoms with Crippen LogP contribution < -0.4 is 16.4 Å². The highest BCUT2D eigenvalue weighted by Gasteiger charge is 2.31. The van der Waals surface area contributed by atoms with Gasteiger partial charge in [-0.2, -0.15) is 11.8 Å². The average Bonchev–Trinajstić information content (AvgIpc) is 2.13. The first-order valence-corrected chi connectivity index (χ1v) is 6.52. The van der Waals surface area contributed by atoms with Crippen LogP contribution >= 0.6 is 11.8 Å². The zero-order valence-electron chi connectivity index (χ0n) is 9.51. The molecule has 2 amide bonds. The third-order valence-corrected chi connectivity index (χ3v) is 4.00.